The Morgan fingerprint density at radius 2 is 1.85 bits per heavy atom. The number of nitrogens with one attached hydrogen (secondary N) is 2. The lowest BCUT2D eigenvalue weighted by Gasteiger charge is -2.31. The number of benzene rings is 1. The number of likely N-dealkylation sites (N-methyl/N-ethyl adjacent to an activating group) is 1. The van der Waals surface area contributed by atoms with Gasteiger partial charge in [-0.15, -0.1) is 0 Å². The van der Waals surface area contributed by atoms with E-state index in [2.05, 4.69) is 27.7 Å². The van der Waals surface area contributed by atoms with Crippen LogP contribution in [-0.2, 0) is 11.3 Å². The fourth-order valence-corrected chi connectivity index (χ4v) is 3.05. The lowest BCUT2D eigenvalue weighted by atomic mass is 10.0. The Balaban J connectivity index is 1.66. The van der Waals surface area contributed by atoms with Crippen LogP contribution in [-0.4, -0.2) is 42.4 Å². The van der Waals surface area contributed by atoms with Crippen LogP contribution >= 0.6 is 0 Å². The van der Waals surface area contributed by atoms with E-state index in [0.717, 1.165) is 13.1 Å². The molecule has 0 spiro atoms. The number of furan rings is 1. The van der Waals surface area contributed by atoms with Gasteiger partial charge in [-0.1, -0.05) is 30.3 Å². The minimum absolute atomic E-state index is 0.0136. The van der Waals surface area contributed by atoms with Gasteiger partial charge in [-0.25, -0.2) is 0 Å². The van der Waals surface area contributed by atoms with E-state index < -0.39 is 0 Å². The number of amides is 2. The van der Waals surface area contributed by atoms with Gasteiger partial charge < -0.3 is 15.1 Å². The quantitative estimate of drug-likeness (QED) is 0.630. The van der Waals surface area contributed by atoms with Crippen molar-refractivity contribution < 1.29 is 14.0 Å². The van der Waals surface area contributed by atoms with E-state index >= 15 is 0 Å². The fraction of sp³-hybridized carbons (Fsp3) is 0.429. The molecule has 1 aromatic carbocycles. The summed E-state index contributed by atoms with van der Waals surface area (Å²) in [4.78, 5) is 26.1. The minimum atomic E-state index is -0.335. The molecule has 6 nitrogen and oxygen atoms in total. The van der Waals surface area contributed by atoms with Crippen LogP contribution in [0, 0.1) is 0 Å². The van der Waals surface area contributed by atoms with Crippen LogP contribution in [0.2, 0.25) is 0 Å². The Morgan fingerprint density at radius 3 is 2.52 bits per heavy atom. The van der Waals surface area contributed by atoms with Gasteiger partial charge in [0.1, 0.15) is 0 Å². The van der Waals surface area contributed by atoms with Gasteiger partial charge in [0.15, 0.2) is 5.76 Å². The maximum atomic E-state index is 12.2. The van der Waals surface area contributed by atoms with Crippen LogP contribution in [0.3, 0.4) is 0 Å². The predicted molar refractivity (Wildman–Crippen MR) is 105 cm³/mol. The third-order valence-electron chi connectivity index (χ3n) is 4.05. The molecule has 0 fully saturated rings. The molecule has 0 bridgehead atoms. The van der Waals surface area contributed by atoms with E-state index in [1.165, 1.54) is 11.8 Å². The highest BCUT2D eigenvalue weighted by Gasteiger charge is 2.22. The van der Waals surface area contributed by atoms with E-state index in [0.29, 0.717) is 19.4 Å². The molecule has 0 saturated heterocycles. The first-order valence-corrected chi connectivity index (χ1v) is 9.21. The highest BCUT2D eigenvalue weighted by molar-refractivity contribution is 5.91. The fourth-order valence-electron chi connectivity index (χ4n) is 3.05. The number of carbonyl (C=O) groups excluding carboxylic acids is 2. The molecule has 2 rings (SSSR count). The van der Waals surface area contributed by atoms with Crippen molar-refractivity contribution in [3.05, 3.63) is 60.1 Å². The molecule has 2 amide bonds. The van der Waals surface area contributed by atoms with Gasteiger partial charge in [0, 0.05) is 31.6 Å². The predicted octanol–water partition coefficient (Wildman–Crippen LogP) is 2.82. The van der Waals surface area contributed by atoms with Crippen molar-refractivity contribution in [2.75, 3.05) is 20.1 Å². The van der Waals surface area contributed by atoms with Crippen LogP contribution in [0.25, 0.3) is 0 Å². The van der Waals surface area contributed by atoms with Crippen molar-refractivity contribution >= 4 is 11.8 Å². The Morgan fingerprint density at radius 1 is 1.11 bits per heavy atom. The first-order valence-electron chi connectivity index (χ1n) is 9.21. The maximum absolute atomic E-state index is 12.2. The molecule has 0 atom stereocenters. The molecular formula is C21H29N3O3. The van der Waals surface area contributed by atoms with Crippen LogP contribution in [0.15, 0.2) is 53.1 Å². The molecule has 0 aliphatic carbocycles. The average molecular weight is 371 g/mol. The van der Waals surface area contributed by atoms with Crippen molar-refractivity contribution in [1.82, 2.24) is 15.5 Å². The van der Waals surface area contributed by atoms with Gasteiger partial charge in [0.05, 0.1) is 6.26 Å². The standard InChI is InChI=1S/C21H29N3O3/c1-21(2,16-24(3)15-17-9-5-4-6-10-17)23-19(25)12-7-13-22-20(26)18-11-8-14-27-18/h4-6,8-11,14H,7,12-13,15-16H2,1-3H3,(H,22,26)(H,23,25). The largest absolute Gasteiger partial charge is 0.459 e. The van der Waals surface area contributed by atoms with Gasteiger partial charge in [0.25, 0.3) is 5.91 Å². The van der Waals surface area contributed by atoms with E-state index in [1.54, 1.807) is 12.1 Å². The van der Waals surface area contributed by atoms with E-state index in [9.17, 15) is 9.59 Å². The normalized spacial score (nSPS) is 11.4. The van der Waals surface area contributed by atoms with Crippen molar-refractivity contribution in [3.8, 4) is 0 Å². The summed E-state index contributed by atoms with van der Waals surface area (Å²) in [6.07, 6.45) is 2.40. The first-order chi connectivity index (χ1) is 12.9. The summed E-state index contributed by atoms with van der Waals surface area (Å²) < 4.78 is 5.02. The van der Waals surface area contributed by atoms with Gasteiger partial charge in [-0.05, 0) is 45.0 Å². The lowest BCUT2D eigenvalue weighted by Crippen LogP contribution is -2.50. The molecule has 0 aliphatic rings. The third-order valence-corrected chi connectivity index (χ3v) is 4.05. The van der Waals surface area contributed by atoms with Crippen LogP contribution in [0.1, 0.15) is 42.8 Å². The second-order valence-corrected chi connectivity index (χ2v) is 7.43. The second kappa shape index (κ2) is 9.92. The summed E-state index contributed by atoms with van der Waals surface area (Å²) in [5.74, 6) is 0.00525. The summed E-state index contributed by atoms with van der Waals surface area (Å²) >= 11 is 0. The van der Waals surface area contributed by atoms with Crippen LogP contribution in [0.4, 0.5) is 0 Å². The summed E-state index contributed by atoms with van der Waals surface area (Å²) in [6, 6.07) is 13.5. The van der Waals surface area contributed by atoms with Crippen molar-refractivity contribution in [2.45, 2.75) is 38.8 Å². The zero-order valence-corrected chi connectivity index (χ0v) is 16.3. The molecule has 0 unspecified atom stereocenters. The third kappa shape index (κ3) is 7.66. The summed E-state index contributed by atoms with van der Waals surface area (Å²) in [5.41, 5.74) is 0.910. The number of hydrogen-bond acceptors (Lipinski definition) is 4. The van der Waals surface area contributed by atoms with Gasteiger partial charge >= 0.3 is 0 Å². The van der Waals surface area contributed by atoms with Crippen molar-refractivity contribution in [3.63, 3.8) is 0 Å². The number of nitrogens with zero attached hydrogens (tertiary/aromatic N) is 1. The van der Waals surface area contributed by atoms with Crippen LogP contribution in [0.5, 0.6) is 0 Å². The Labute approximate surface area is 160 Å². The molecule has 27 heavy (non-hydrogen) atoms. The molecule has 2 aromatic rings. The molecule has 146 valence electrons. The molecule has 1 aromatic heterocycles. The SMILES string of the molecule is CN(Cc1ccccc1)CC(C)(C)NC(=O)CCCNC(=O)c1ccco1. The number of hydrogen-bond donors (Lipinski definition) is 2. The smallest absolute Gasteiger partial charge is 0.286 e. The van der Waals surface area contributed by atoms with Gasteiger partial charge in [0.2, 0.25) is 5.91 Å². The lowest BCUT2D eigenvalue weighted by molar-refractivity contribution is -0.122. The molecule has 0 saturated carbocycles. The molecule has 0 aliphatic heterocycles. The summed E-state index contributed by atoms with van der Waals surface area (Å²) in [6.45, 7) is 6.04. The highest BCUT2D eigenvalue weighted by atomic mass is 16.3. The molecule has 2 N–H and O–H groups in total. The van der Waals surface area contributed by atoms with Gasteiger partial charge in [-0.2, -0.15) is 0 Å². The zero-order chi connectivity index (χ0) is 19.7. The van der Waals surface area contributed by atoms with Crippen molar-refractivity contribution in [1.29, 1.82) is 0 Å². The molecular weight excluding hydrogens is 342 g/mol. The van der Waals surface area contributed by atoms with Gasteiger partial charge in [-0.3, -0.25) is 14.5 Å². The maximum Gasteiger partial charge on any atom is 0.286 e. The monoisotopic (exact) mass is 371 g/mol. The van der Waals surface area contributed by atoms with E-state index in [1.807, 2.05) is 39.1 Å². The Hall–Kier alpha value is -2.60. The van der Waals surface area contributed by atoms with E-state index in [-0.39, 0.29) is 23.1 Å². The summed E-state index contributed by atoms with van der Waals surface area (Å²) in [5, 5.41) is 5.82. The topological polar surface area (TPSA) is 74.6 Å². The zero-order valence-electron chi connectivity index (χ0n) is 16.3. The molecule has 6 heteroatoms. The van der Waals surface area contributed by atoms with Crippen LogP contribution < -0.4 is 10.6 Å². The first kappa shape index (κ1) is 20.7. The number of rotatable bonds is 10. The van der Waals surface area contributed by atoms with Crippen molar-refractivity contribution in [2.24, 2.45) is 0 Å². The Kier molecular flexibility index (Phi) is 7.61. The molecule has 0 radical (unpaired) electrons. The average Bonchev–Trinajstić information content (AvgIpc) is 3.13. The second-order valence-electron chi connectivity index (χ2n) is 7.43. The Bertz CT molecular complexity index is 712. The highest BCUT2D eigenvalue weighted by Crippen LogP contribution is 2.09. The number of carbonyl (C=O) groups is 2. The summed E-state index contributed by atoms with van der Waals surface area (Å²) in [7, 11) is 2.05. The van der Waals surface area contributed by atoms with E-state index in [4.69, 9.17) is 4.42 Å². The molecule has 1 heterocycles. The minimum Gasteiger partial charge on any atom is -0.459 e.